The molecule has 108 valence electrons. The predicted octanol–water partition coefficient (Wildman–Crippen LogP) is 3.55. The second-order valence-electron chi connectivity index (χ2n) is 5.12. The number of fused-ring (bicyclic) bond motifs is 1. The molecule has 0 spiro atoms. The van der Waals surface area contributed by atoms with Gasteiger partial charge in [0.25, 0.3) is 0 Å². The van der Waals surface area contributed by atoms with E-state index in [0.717, 1.165) is 21.4 Å². The number of furan rings is 1. The Labute approximate surface area is 126 Å². The molecule has 2 N–H and O–H groups in total. The molecule has 0 radical (unpaired) electrons. The average Bonchev–Trinajstić information content (AvgIpc) is 2.92. The van der Waals surface area contributed by atoms with Gasteiger partial charge in [0.05, 0.1) is 22.6 Å². The molecule has 3 aromatic rings. The maximum Gasteiger partial charge on any atom is 0.134 e. The van der Waals surface area contributed by atoms with Crippen molar-refractivity contribution in [2.75, 3.05) is 5.75 Å². The van der Waals surface area contributed by atoms with Crippen LogP contribution in [0.4, 0.5) is 0 Å². The van der Waals surface area contributed by atoms with Gasteiger partial charge in [0, 0.05) is 10.3 Å². The zero-order chi connectivity index (χ0) is 14.8. The van der Waals surface area contributed by atoms with Crippen LogP contribution in [-0.2, 0) is 10.8 Å². The third-order valence-electron chi connectivity index (χ3n) is 3.42. The summed E-state index contributed by atoms with van der Waals surface area (Å²) in [4.78, 5) is 0.798. The van der Waals surface area contributed by atoms with Gasteiger partial charge < -0.3 is 10.2 Å². The summed E-state index contributed by atoms with van der Waals surface area (Å²) in [6.07, 6.45) is 0. The highest BCUT2D eigenvalue weighted by molar-refractivity contribution is 7.85. The minimum absolute atomic E-state index is 0.350. The molecule has 0 bridgehead atoms. The van der Waals surface area contributed by atoms with Gasteiger partial charge in [-0.1, -0.05) is 35.9 Å². The fourth-order valence-corrected chi connectivity index (χ4v) is 3.34. The number of hydrogen-bond acceptors (Lipinski definition) is 3. The van der Waals surface area contributed by atoms with E-state index in [9.17, 15) is 4.21 Å². The lowest BCUT2D eigenvalue weighted by atomic mass is 10.2. The molecule has 0 aliphatic carbocycles. The Morgan fingerprint density at radius 2 is 1.86 bits per heavy atom. The first-order chi connectivity index (χ1) is 10.1. The van der Waals surface area contributed by atoms with Gasteiger partial charge in [-0.3, -0.25) is 4.21 Å². The lowest BCUT2D eigenvalue weighted by Crippen LogP contribution is -2.17. The molecule has 1 heterocycles. The zero-order valence-electron chi connectivity index (χ0n) is 11.8. The van der Waals surface area contributed by atoms with Crippen molar-refractivity contribution in [1.29, 1.82) is 0 Å². The fourth-order valence-electron chi connectivity index (χ4n) is 2.22. The summed E-state index contributed by atoms with van der Waals surface area (Å²) >= 11 is 0. The minimum atomic E-state index is -1.13. The third kappa shape index (κ3) is 3.06. The number of para-hydroxylation sites is 1. The summed E-state index contributed by atoms with van der Waals surface area (Å²) in [7, 11) is -1.13. The van der Waals surface area contributed by atoms with Gasteiger partial charge in [0.2, 0.25) is 0 Å². The van der Waals surface area contributed by atoms with Crippen LogP contribution in [0.15, 0.2) is 63.9 Å². The molecule has 3 nitrogen and oxygen atoms in total. The first-order valence-electron chi connectivity index (χ1n) is 6.82. The van der Waals surface area contributed by atoms with E-state index in [2.05, 4.69) is 0 Å². The van der Waals surface area contributed by atoms with E-state index in [4.69, 9.17) is 10.2 Å². The monoisotopic (exact) mass is 299 g/mol. The molecule has 2 unspecified atom stereocenters. The van der Waals surface area contributed by atoms with Crippen LogP contribution in [0.1, 0.15) is 17.4 Å². The predicted molar refractivity (Wildman–Crippen MR) is 85.6 cm³/mol. The smallest absolute Gasteiger partial charge is 0.134 e. The molecule has 3 rings (SSSR count). The van der Waals surface area contributed by atoms with Crippen LogP contribution >= 0.6 is 0 Å². The molecular formula is C17H17NO2S. The van der Waals surface area contributed by atoms with Crippen LogP contribution in [-0.4, -0.2) is 9.96 Å². The van der Waals surface area contributed by atoms with E-state index in [-0.39, 0.29) is 6.04 Å². The molecule has 21 heavy (non-hydrogen) atoms. The van der Waals surface area contributed by atoms with Crippen LogP contribution in [0.3, 0.4) is 0 Å². The molecule has 0 aliphatic heterocycles. The van der Waals surface area contributed by atoms with Crippen LogP contribution in [0.25, 0.3) is 11.0 Å². The maximum atomic E-state index is 12.3. The molecule has 0 amide bonds. The molecule has 0 fully saturated rings. The van der Waals surface area contributed by atoms with Crippen LogP contribution in [0.2, 0.25) is 0 Å². The van der Waals surface area contributed by atoms with Crippen molar-refractivity contribution in [3.63, 3.8) is 0 Å². The van der Waals surface area contributed by atoms with Crippen molar-refractivity contribution in [2.45, 2.75) is 17.9 Å². The van der Waals surface area contributed by atoms with Gasteiger partial charge in [-0.05, 0) is 31.2 Å². The second-order valence-corrected chi connectivity index (χ2v) is 6.61. The average molecular weight is 299 g/mol. The fraction of sp³-hybridized carbons (Fsp3) is 0.176. The SMILES string of the molecule is Cc1ccc(S(=O)CC(N)c2cc3ccccc3o2)cc1. The highest BCUT2D eigenvalue weighted by Crippen LogP contribution is 2.24. The lowest BCUT2D eigenvalue weighted by Gasteiger charge is -2.08. The first-order valence-corrected chi connectivity index (χ1v) is 8.14. The Morgan fingerprint density at radius 3 is 2.57 bits per heavy atom. The van der Waals surface area contributed by atoms with Crippen molar-refractivity contribution in [2.24, 2.45) is 5.73 Å². The van der Waals surface area contributed by atoms with Gasteiger partial charge in [-0.2, -0.15) is 0 Å². The number of aryl methyl sites for hydroxylation is 1. The summed E-state index contributed by atoms with van der Waals surface area (Å²) < 4.78 is 18.1. The number of benzene rings is 2. The van der Waals surface area contributed by atoms with E-state index in [1.807, 2.05) is 61.5 Å². The second kappa shape index (κ2) is 5.84. The molecule has 2 aromatic carbocycles. The molecule has 0 saturated carbocycles. The van der Waals surface area contributed by atoms with Crippen molar-refractivity contribution in [1.82, 2.24) is 0 Å². The van der Waals surface area contributed by atoms with E-state index in [1.165, 1.54) is 0 Å². The number of rotatable bonds is 4. The topological polar surface area (TPSA) is 56.2 Å². The van der Waals surface area contributed by atoms with E-state index < -0.39 is 10.8 Å². The quantitative estimate of drug-likeness (QED) is 0.801. The van der Waals surface area contributed by atoms with Gasteiger partial charge in [0.15, 0.2) is 0 Å². The largest absolute Gasteiger partial charge is 0.459 e. The van der Waals surface area contributed by atoms with Crippen molar-refractivity contribution in [3.8, 4) is 0 Å². The summed E-state index contributed by atoms with van der Waals surface area (Å²) in [5.74, 6) is 1.03. The lowest BCUT2D eigenvalue weighted by molar-refractivity contribution is 0.513. The van der Waals surface area contributed by atoms with Gasteiger partial charge >= 0.3 is 0 Å². The Hall–Kier alpha value is -1.91. The zero-order valence-corrected chi connectivity index (χ0v) is 12.6. The normalized spacial score (nSPS) is 14.2. The van der Waals surface area contributed by atoms with Crippen molar-refractivity contribution in [3.05, 3.63) is 65.9 Å². The van der Waals surface area contributed by atoms with Gasteiger partial charge in [-0.25, -0.2) is 0 Å². The van der Waals surface area contributed by atoms with Crippen molar-refractivity contribution >= 4 is 21.8 Å². The standard InChI is InChI=1S/C17H17NO2S/c1-12-6-8-14(9-7-12)21(19)11-15(18)17-10-13-4-2-3-5-16(13)20-17/h2-10,15H,11,18H2,1H3. The molecule has 0 saturated heterocycles. The van der Waals surface area contributed by atoms with E-state index >= 15 is 0 Å². The summed E-state index contributed by atoms with van der Waals surface area (Å²) in [5, 5.41) is 1.02. The first kappa shape index (κ1) is 14.0. The highest BCUT2D eigenvalue weighted by Gasteiger charge is 2.16. The molecule has 4 heteroatoms. The van der Waals surface area contributed by atoms with Gasteiger partial charge in [-0.15, -0.1) is 0 Å². The Morgan fingerprint density at radius 1 is 1.14 bits per heavy atom. The molecular weight excluding hydrogens is 282 g/mol. The van der Waals surface area contributed by atoms with E-state index in [0.29, 0.717) is 11.5 Å². The Balaban J connectivity index is 1.77. The van der Waals surface area contributed by atoms with Crippen LogP contribution in [0.5, 0.6) is 0 Å². The molecule has 1 aromatic heterocycles. The Kier molecular flexibility index (Phi) is 3.90. The van der Waals surface area contributed by atoms with E-state index in [1.54, 1.807) is 0 Å². The van der Waals surface area contributed by atoms with Gasteiger partial charge in [0.1, 0.15) is 11.3 Å². The number of hydrogen-bond donors (Lipinski definition) is 1. The summed E-state index contributed by atoms with van der Waals surface area (Å²) in [5.41, 5.74) is 8.10. The summed E-state index contributed by atoms with van der Waals surface area (Å²) in [6.45, 7) is 2.01. The molecule has 2 atom stereocenters. The van der Waals surface area contributed by atoms with Crippen molar-refractivity contribution < 1.29 is 8.63 Å². The Bertz CT molecular complexity index is 744. The van der Waals surface area contributed by atoms with Crippen LogP contribution < -0.4 is 5.73 Å². The summed E-state index contributed by atoms with van der Waals surface area (Å²) in [6, 6.07) is 17.0. The highest BCUT2D eigenvalue weighted by atomic mass is 32.2. The third-order valence-corrected chi connectivity index (χ3v) is 4.88. The molecule has 0 aliphatic rings. The van der Waals surface area contributed by atoms with Crippen LogP contribution in [0, 0.1) is 6.92 Å². The maximum absolute atomic E-state index is 12.3. The number of nitrogens with two attached hydrogens (primary N) is 1. The minimum Gasteiger partial charge on any atom is -0.459 e.